The molecular formula is C26H29N5O4. The van der Waals surface area contributed by atoms with Crippen molar-refractivity contribution in [3.8, 4) is 23.3 Å². The summed E-state index contributed by atoms with van der Waals surface area (Å²) < 4.78 is 24.8. The van der Waals surface area contributed by atoms with Crippen molar-refractivity contribution in [2.24, 2.45) is 0 Å². The molecule has 0 aromatic carbocycles. The summed E-state index contributed by atoms with van der Waals surface area (Å²) in [6.07, 6.45) is 7.16. The first-order chi connectivity index (χ1) is 16.9. The van der Waals surface area contributed by atoms with Crippen LogP contribution in [0.5, 0.6) is 0 Å². The third-order valence-corrected chi connectivity index (χ3v) is 6.38. The fourth-order valence-electron chi connectivity index (χ4n) is 4.07. The first-order valence-electron chi connectivity index (χ1n) is 11.6. The number of rotatable bonds is 9. The largest absolute Gasteiger partial charge is 0.459 e. The second-order valence-corrected chi connectivity index (χ2v) is 8.88. The molecule has 9 nitrogen and oxygen atoms in total. The molecule has 0 saturated heterocycles. The first-order valence-corrected chi connectivity index (χ1v) is 11.6. The van der Waals surface area contributed by atoms with E-state index < -0.39 is 0 Å². The SMILES string of the molecule is Cc1cnn([C@@H](C)[C@H](C)N(Cc2nc(-c3ccco3)oc2C)Cc2nc(-c3ccco3)oc2C)c1. The Labute approximate surface area is 203 Å². The van der Waals surface area contributed by atoms with E-state index in [1.54, 1.807) is 12.5 Å². The van der Waals surface area contributed by atoms with Gasteiger partial charge in [0.2, 0.25) is 0 Å². The molecule has 0 unspecified atom stereocenters. The van der Waals surface area contributed by atoms with Gasteiger partial charge >= 0.3 is 0 Å². The van der Waals surface area contributed by atoms with E-state index in [0.717, 1.165) is 28.5 Å². The number of furan rings is 2. The highest BCUT2D eigenvalue weighted by Gasteiger charge is 2.27. The molecule has 0 radical (unpaired) electrons. The van der Waals surface area contributed by atoms with Gasteiger partial charge in [-0.15, -0.1) is 0 Å². The predicted molar refractivity (Wildman–Crippen MR) is 128 cm³/mol. The minimum atomic E-state index is 0.0978. The molecular weight excluding hydrogens is 446 g/mol. The van der Waals surface area contributed by atoms with Gasteiger partial charge in [0, 0.05) is 25.3 Å². The summed E-state index contributed by atoms with van der Waals surface area (Å²) in [5.41, 5.74) is 2.82. The molecule has 0 saturated carbocycles. The lowest BCUT2D eigenvalue weighted by molar-refractivity contribution is 0.137. The summed E-state index contributed by atoms with van der Waals surface area (Å²) in [5, 5.41) is 4.54. The van der Waals surface area contributed by atoms with Gasteiger partial charge in [0.15, 0.2) is 11.5 Å². The molecule has 35 heavy (non-hydrogen) atoms. The molecule has 0 aliphatic carbocycles. The minimum Gasteiger partial charge on any atom is -0.459 e. The quantitative estimate of drug-likeness (QED) is 0.258. The van der Waals surface area contributed by atoms with Gasteiger partial charge in [0.05, 0.1) is 36.2 Å². The molecule has 0 aliphatic rings. The molecule has 9 heteroatoms. The monoisotopic (exact) mass is 475 g/mol. The standard InChI is InChI=1S/C26H29N5O4/c1-16-12-27-31(13-16)18(3)17(2)30(14-21-19(4)34-25(28-21)23-8-6-10-32-23)15-22-20(5)35-26(29-22)24-9-7-11-33-24/h6-13,17-18H,14-15H2,1-5H3/t17-,18-/m0/s1. The van der Waals surface area contributed by atoms with Crippen LogP contribution in [0.3, 0.4) is 0 Å². The van der Waals surface area contributed by atoms with E-state index in [4.69, 9.17) is 27.6 Å². The summed E-state index contributed by atoms with van der Waals surface area (Å²) >= 11 is 0. The highest BCUT2D eigenvalue weighted by molar-refractivity contribution is 5.45. The van der Waals surface area contributed by atoms with Gasteiger partial charge in [-0.2, -0.15) is 5.10 Å². The summed E-state index contributed by atoms with van der Waals surface area (Å²) in [6, 6.07) is 7.53. The Morgan fingerprint density at radius 1 is 0.857 bits per heavy atom. The lowest BCUT2D eigenvalue weighted by Crippen LogP contribution is -2.38. The maximum absolute atomic E-state index is 5.92. The van der Waals surface area contributed by atoms with Crippen LogP contribution in [0, 0.1) is 20.8 Å². The van der Waals surface area contributed by atoms with Crippen LogP contribution in [0.15, 0.2) is 66.9 Å². The second kappa shape index (κ2) is 9.42. The Morgan fingerprint density at radius 2 is 1.40 bits per heavy atom. The summed E-state index contributed by atoms with van der Waals surface area (Å²) in [4.78, 5) is 11.8. The van der Waals surface area contributed by atoms with Crippen molar-refractivity contribution in [3.05, 3.63) is 77.7 Å². The van der Waals surface area contributed by atoms with E-state index in [1.807, 2.05) is 55.9 Å². The van der Waals surface area contributed by atoms with Crippen LogP contribution in [0.25, 0.3) is 23.3 Å². The smallest absolute Gasteiger partial charge is 0.263 e. The normalized spacial score (nSPS) is 13.5. The topological polar surface area (TPSA) is 99.4 Å². The lowest BCUT2D eigenvalue weighted by Gasteiger charge is -2.32. The van der Waals surface area contributed by atoms with Gasteiger partial charge in [0.25, 0.3) is 11.8 Å². The molecule has 0 aliphatic heterocycles. The number of aryl methyl sites for hydroxylation is 3. The minimum absolute atomic E-state index is 0.0978. The molecule has 0 fully saturated rings. The van der Waals surface area contributed by atoms with Gasteiger partial charge < -0.3 is 17.7 Å². The third kappa shape index (κ3) is 4.72. The molecule has 0 bridgehead atoms. The maximum atomic E-state index is 5.92. The summed E-state index contributed by atoms with van der Waals surface area (Å²) in [6.45, 7) is 11.4. The van der Waals surface area contributed by atoms with Gasteiger partial charge in [-0.1, -0.05) is 0 Å². The van der Waals surface area contributed by atoms with Gasteiger partial charge in [-0.05, 0) is 64.4 Å². The van der Waals surface area contributed by atoms with Crippen molar-refractivity contribution >= 4 is 0 Å². The van der Waals surface area contributed by atoms with E-state index >= 15 is 0 Å². The number of hydrogen-bond donors (Lipinski definition) is 0. The van der Waals surface area contributed by atoms with Crippen LogP contribution >= 0.6 is 0 Å². The van der Waals surface area contributed by atoms with E-state index in [1.165, 1.54) is 0 Å². The van der Waals surface area contributed by atoms with Gasteiger partial charge in [0.1, 0.15) is 11.5 Å². The average Bonchev–Trinajstić information content (AvgIpc) is 3.65. The van der Waals surface area contributed by atoms with Crippen LogP contribution in [-0.2, 0) is 13.1 Å². The van der Waals surface area contributed by atoms with Crippen molar-refractivity contribution < 1.29 is 17.7 Å². The average molecular weight is 476 g/mol. The third-order valence-electron chi connectivity index (χ3n) is 6.38. The fourth-order valence-corrected chi connectivity index (χ4v) is 4.07. The molecule has 0 amide bonds. The number of aromatic nitrogens is 4. The molecule has 0 spiro atoms. The summed E-state index contributed by atoms with van der Waals surface area (Å²) in [7, 11) is 0. The van der Waals surface area contributed by atoms with E-state index in [0.29, 0.717) is 36.4 Å². The number of nitrogens with zero attached hydrogens (tertiary/aromatic N) is 5. The van der Waals surface area contributed by atoms with Crippen molar-refractivity contribution in [1.82, 2.24) is 24.6 Å². The molecule has 0 N–H and O–H groups in total. The maximum Gasteiger partial charge on any atom is 0.263 e. The Balaban J connectivity index is 1.45. The zero-order chi connectivity index (χ0) is 24.5. The fraction of sp³-hybridized carbons (Fsp3) is 0.346. The number of hydrogen-bond acceptors (Lipinski definition) is 8. The van der Waals surface area contributed by atoms with E-state index in [2.05, 4.69) is 30.0 Å². The summed E-state index contributed by atoms with van der Waals surface area (Å²) in [5.74, 6) is 3.67. The van der Waals surface area contributed by atoms with Crippen molar-refractivity contribution in [2.75, 3.05) is 0 Å². The van der Waals surface area contributed by atoms with Crippen LogP contribution in [0.2, 0.25) is 0 Å². The molecule has 2 atom stereocenters. The van der Waals surface area contributed by atoms with Crippen LogP contribution in [0.1, 0.15) is 48.4 Å². The molecule has 182 valence electrons. The number of oxazole rings is 2. The Bertz CT molecular complexity index is 1300. The zero-order valence-corrected chi connectivity index (χ0v) is 20.6. The Kier molecular flexibility index (Phi) is 6.17. The van der Waals surface area contributed by atoms with Crippen LogP contribution in [0.4, 0.5) is 0 Å². The van der Waals surface area contributed by atoms with E-state index in [9.17, 15) is 0 Å². The molecule has 5 aromatic heterocycles. The van der Waals surface area contributed by atoms with Crippen LogP contribution < -0.4 is 0 Å². The second-order valence-electron chi connectivity index (χ2n) is 8.88. The van der Waals surface area contributed by atoms with Gasteiger partial charge in [-0.3, -0.25) is 9.58 Å². The van der Waals surface area contributed by atoms with Crippen molar-refractivity contribution in [3.63, 3.8) is 0 Å². The van der Waals surface area contributed by atoms with Crippen molar-refractivity contribution in [2.45, 2.75) is 59.8 Å². The van der Waals surface area contributed by atoms with Crippen molar-refractivity contribution in [1.29, 1.82) is 0 Å². The highest BCUT2D eigenvalue weighted by Crippen LogP contribution is 2.28. The highest BCUT2D eigenvalue weighted by atomic mass is 16.4. The molecule has 5 heterocycles. The predicted octanol–water partition coefficient (Wildman–Crippen LogP) is 5.96. The molecule has 5 aromatic rings. The molecule has 5 rings (SSSR count). The lowest BCUT2D eigenvalue weighted by atomic mass is 10.1. The van der Waals surface area contributed by atoms with Gasteiger partial charge in [-0.25, -0.2) is 9.97 Å². The van der Waals surface area contributed by atoms with Crippen LogP contribution in [-0.4, -0.2) is 30.7 Å². The Morgan fingerprint density at radius 3 is 1.83 bits per heavy atom. The first kappa shape index (κ1) is 22.9. The van der Waals surface area contributed by atoms with E-state index in [-0.39, 0.29) is 12.1 Å². The zero-order valence-electron chi connectivity index (χ0n) is 20.6. The Hall–Kier alpha value is -3.85.